The van der Waals surface area contributed by atoms with Crippen molar-refractivity contribution in [3.63, 3.8) is 0 Å². The molecule has 1 N–H and O–H groups in total. The van der Waals surface area contributed by atoms with Crippen LogP contribution in [0.15, 0.2) is 53.4 Å². The van der Waals surface area contributed by atoms with Crippen molar-refractivity contribution in [2.24, 2.45) is 0 Å². The van der Waals surface area contributed by atoms with E-state index in [9.17, 15) is 8.60 Å². The first kappa shape index (κ1) is 14.2. The van der Waals surface area contributed by atoms with Gasteiger partial charge in [0, 0.05) is 5.56 Å². The van der Waals surface area contributed by atoms with Crippen LogP contribution in [0.1, 0.15) is 11.6 Å². The first-order valence-electron chi connectivity index (χ1n) is 6.76. The fourth-order valence-corrected chi connectivity index (χ4v) is 4.16. The van der Waals surface area contributed by atoms with Crippen LogP contribution in [-0.2, 0) is 10.8 Å². The summed E-state index contributed by atoms with van der Waals surface area (Å²) < 4.78 is 32.3. The second-order valence-electron chi connectivity index (χ2n) is 4.88. The SMILES string of the molecule is CNC1c2ccccc2OCC1S(=O)c1ccccc1F. The van der Waals surface area contributed by atoms with Gasteiger partial charge in [-0.3, -0.25) is 4.21 Å². The van der Waals surface area contributed by atoms with Crippen molar-refractivity contribution in [2.45, 2.75) is 16.2 Å². The van der Waals surface area contributed by atoms with Crippen LogP contribution in [0, 0.1) is 5.82 Å². The van der Waals surface area contributed by atoms with Crippen LogP contribution in [0.25, 0.3) is 0 Å². The number of para-hydroxylation sites is 1. The molecule has 0 aromatic heterocycles. The maximum atomic E-state index is 13.9. The molecule has 0 fully saturated rings. The lowest BCUT2D eigenvalue weighted by molar-refractivity contribution is 0.262. The van der Waals surface area contributed by atoms with Crippen molar-refractivity contribution >= 4 is 10.8 Å². The zero-order valence-electron chi connectivity index (χ0n) is 11.6. The summed E-state index contributed by atoms with van der Waals surface area (Å²) in [6.07, 6.45) is 0. The van der Waals surface area contributed by atoms with Crippen LogP contribution < -0.4 is 10.1 Å². The molecule has 0 bridgehead atoms. The van der Waals surface area contributed by atoms with E-state index in [-0.39, 0.29) is 16.2 Å². The van der Waals surface area contributed by atoms with Crippen LogP contribution in [0.4, 0.5) is 4.39 Å². The van der Waals surface area contributed by atoms with Gasteiger partial charge in [0.2, 0.25) is 0 Å². The van der Waals surface area contributed by atoms with Crippen LogP contribution in [-0.4, -0.2) is 23.1 Å². The molecule has 21 heavy (non-hydrogen) atoms. The van der Waals surface area contributed by atoms with Crippen molar-refractivity contribution in [3.05, 3.63) is 59.9 Å². The van der Waals surface area contributed by atoms with Gasteiger partial charge in [-0.2, -0.15) is 0 Å². The van der Waals surface area contributed by atoms with E-state index >= 15 is 0 Å². The highest BCUT2D eigenvalue weighted by Crippen LogP contribution is 2.35. The first-order valence-corrected chi connectivity index (χ1v) is 7.97. The smallest absolute Gasteiger partial charge is 0.139 e. The van der Waals surface area contributed by atoms with Gasteiger partial charge in [-0.1, -0.05) is 30.3 Å². The number of benzene rings is 2. The van der Waals surface area contributed by atoms with Gasteiger partial charge in [-0.25, -0.2) is 4.39 Å². The lowest BCUT2D eigenvalue weighted by Crippen LogP contribution is -2.40. The fraction of sp³-hybridized carbons (Fsp3) is 0.250. The Labute approximate surface area is 125 Å². The molecule has 0 aliphatic carbocycles. The van der Waals surface area contributed by atoms with Crippen LogP contribution in [0.2, 0.25) is 0 Å². The zero-order valence-corrected chi connectivity index (χ0v) is 12.4. The average molecular weight is 305 g/mol. The van der Waals surface area contributed by atoms with E-state index in [2.05, 4.69) is 5.32 Å². The monoisotopic (exact) mass is 305 g/mol. The molecular formula is C16H16FNO2S. The lowest BCUT2D eigenvalue weighted by atomic mass is 10.0. The maximum absolute atomic E-state index is 13.9. The predicted octanol–water partition coefficient (Wildman–Crippen LogP) is 2.66. The van der Waals surface area contributed by atoms with Crippen LogP contribution >= 0.6 is 0 Å². The van der Waals surface area contributed by atoms with E-state index in [1.165, 1.54) is 6.07 Å². The molecule has 1 aliphatic heterocycles. The molecule has 2 aromatic rings. The summed E-state index contributed by atoms with van der Waals surface area (Å²) in [5.41, 5.74) is 0.959. The van der Waals surface area contributed by atoms with Gasteiger partial charge in [-0.15, -0.1) is 0 Å². The van der Waals surface area contributed by atoms with E-state index < -0.39 is 16.6 Å². The van der Waals surface area contributed by atoms with Crippen molar-refractivity contribution < 1.29 is 13.3 Å². The van der Waals surface area contributed by atoms with E-state index in [0.29, 0.717) is 6.61 Å². The molecule has 3 unspecified atom stereocenters. The molecule has 1 heterocycles. The number of fused-ring (bicyclic) bond motifs is 1. The molecule has 0 spiro atoms. The van der Waals surface area contributed by atoms with Gasteiger partial charge in [0.1, 0.15) is 18.2 Å². The van der Waals surface area contributed by atoms with Gasteiger partial charge < -0.3 is 10.1 Å². The summed E-state index contributed by atoms with van der Waals surface area (Å²) in [4.78, 5) is 0.228. The molecule has 5 heteroatoms. The minimum absolute atomic E-state index is 0.129. The molecule has 1 aliphatic rings. The van der Waals surface area contributed by atoms with E-state index in [1.54, 1.807) is 18.2 Å². The third-order valence-electron chi connectivity index (χ3n) is 3.67. The second kappa shape index (κ2) is 5.95. The minimum Gasteiger partial charge on any atom is -0.492 e. The maximum Gasteiger partial charge on any atom is 0.139 e. The van der Waals surface area contributed by atoms with Gasteiger partial charge >= 0.3 is 0 Å². The van der Waals surface area contributed by atoms with E-state index in [1.807, 2.05) is 31.3 Å². The second-order valence-corrected chi connectivity index (χ2v) is 6.52. The van der Waals surface area contributed by atoms with E-state index in [4.69, 9.17) is 4.74 Å². The third kappa shape index (κ3) is 2.59. The van der Waals surface area contributed by atoms with Crippen molar-refractivity contribution in [2.75, 3.05) is 13.7 Å². The average Bonchev–Trinajstić information content (AvgIpc) is 2.53. The molecule has 110 valence electrons. The predicted molar refractivity (Wildman–Crippen MR) is 80.3 cm³/mol. The van der Waals surface area contributed by atoms with Crippen molar-refractivity contribution in [1.82, 2.24) is 5.32 Å². The van der Waals surface area contributed by atoms with Gasteiger partial charge in [-0.05, 0) is 25.2 Å². The standard InChI is InChI=1S/C16H16FNO2S/c1-18-16-11-6-2-4-8-13(11)20-10-15(16)21(19)14-9-5-3-7-12(14)17/h2-9,15-16,18H,10H2,1H3. The number of hydrogen-bond donors (Lipinski definition) is 1. The third-order valence-corrected chi connectivity index (χ3v) is 5.39. The van der Waals surface area contributed by atoms with Gasteiger partial charge in [0.05, 0.1) is 27.0 Å². The van der Waals surface area contributed by atoms with Gasteiger partial charge in [0.25, 0.3) is 0 Å². The number of rotatable bonds is 3. The fourth-order valence-electron chi connectivity index (χ4n) is 2.64. The Morgan fingerprint density at radius 3 is 2.67 bits per heavy atom. The number of hydrogen-bond acceptors (Lipinski definition) is 3. The minimum atomic E-state index is -1.48. The van der Waals surface area contributed by atoms with Crippen molar-refractivity contribution in [3.8, 4) is 5.75 Å². The Bertz CT molecular complexity index is 677. The highest BCUT2D eigenvalue weighted by atomic mass is 32.2. The summed E-state index contributed by atoms with van der Waals surface area (Å²) in [5.74, 6) is 0.350. The summed E-state index contributed by atoms with van der Waals surface area (Å²) in [5, 5.41) is 2.85. The Balaban J connectivity index is 1.96. The summed E-state index contributed by atoms with van der Waals surface area (Å²) >= 11 is 0. The zero-order chi connectivity index (χ0) is 14.8. The highest BCUT2D eigenvalue weighted by molar-refractivity contribution is 7.85. The Hall–Kier alpha value is -1.72. The Kier molecular flexibility index (Phi) is 4.03. The van der Waals surface area contributed by atoms with Crippen LogP contribution in [0.3, 0.4) is 0 Å². The molecule has 0 saturated carbocycles. The normalized spacial score (nSPS) is 22.2. The summed E-state index contributed by atoms with van der Waals surface area (Å²) in [7, 11) is 0.337. The quantitative estimate of drug-likeness (QED) is 0.947. The van der Waals surface area contributed by atoms with Crippen LogP contribution in [0.5, 0.6) is 5.75 Å². The number of halogens is 1. The first-order chi connectivity index (χ1) is 10.2. The largest absolute Gasteiger partial charge is 0.492 e. The Morgan fingerprint density at radius 2 is 1.90 bits per heavy atom. The van der Waals surface area contributed by atoms with Crippen molar-refractivity contribution in [1.29, 1.82) is 0 Å². The number of nitrogens with one attached hydrogen (secondary N) is 1. The molecule has 3 atom stereocenters. The summed E-state index contributed by atoms with van der Waals surface area (Å²) in [6.45, 7) is 0.295. The molecular weight excluding hydrogens is 289 g/mol. The molecule has 0 saturated heterocycles. The number of ether oxygens (including phenoxy) is 1. The molecule has 0 radical (unpaired) electrons. The van der Waals surface area contributed by atoms with Gasteiger partial charge in [0.15, 0.2) is 0 Å². The summed E-state index contributed by atoms with van der Waals surface area (Å²) in [6, 6.07) is 13.7. The lowest BCUT2D eigenvalue weighted by Gasteiger charge is -2.32. The molecule has 0 amide bonds. The molecule has 3 nitrogen and oxygen atoms in total. The molecule has 2 aromatic carbocycles. The topological polar surface area (TPSA) is 38.3 Å². The Morgan fingerprint density at radius 1 is 1.19 bits per heavy atom. The van der Waals surface area contributed by atoms with E-state index in [0.717, 1.165) is 11.3 Å². The highest BCUT2D eigenvalue weighted by Gasteiger charge is 2.35. The molecule has 3 rings (SSSR count).